The zero-order chi connectivity index (χ0) is 16.5. The minimum atomic E-state index is -4.45. The quantitative estimate of drug-likeness (QED) is 0.840. The van der Waals surface area contributed by atoms with Crippen LogP contribution < -0.4 is 0 Å². The molecule has 2 N–H and O–H groups in total. The lowest BCUT2D eigenvalue weighted by molar-refractivity contribution is -0.137. The predicted molar refractivity (Wildman–Crippen MR) is 73.2 cm³/mol. The predicted octanol–water partition coefficient (Wildman–Crippen LogP) is 2.26. The van der Waals surface area contributed by atoms with Crippen molar-refractivity contribution in [3.63, 3.8) is 0 Å². The van der Waals surface area contributed by atoms with Gasteiger partial charge in [-0.25, -0.2) is 4.79 Å². The zero-order valence-electron chi connectivity index (χ0n) is 10.9. The van der Waals surface area contributed by atoms with E-state index in [4.69, 9.17) is 5.11 Å². The summed E-state index contributed by atoms with van der Waals surface area (Å²) in [6.45, 7) is 0. The standard InChI is InChI=1S/C13H10F3NO4S/c14-13(15,16)8-1-3-10-7(5-8)6-9(17-10)2-4-11(12(18)19)22(20)21/h1,3,5-6,17H,2,4H2,(H,18,19). The van der Waals surface area contributed by atoms with Crippen LogP contribution in [-0.2, 0) is 27.7 Å². The van der Waals surface area contributed by atoms with Crippen molar-refractivity contribution in [2.45, 2.75) is 19.0 Å². The van der Waals surface area contributed by atoms with E-state index in [9.17, 15) is 26.4 Å². The lowest BCUT2D eigenvalue weighted by Gasteiger charge is -2.05. The molecule has 5 nitrogen and oxygen atoms in total. The van der Waals surface area contributed by atoms with E-state index < -0.39 is 32.9 Å². The van der Waals surface area contributed by atoms with E-state index in [-0.39, 0.29) is 12.8 Å². The van der Waals surface area contributed by atoms with Crippen LogP contribution in [0.1, 0.15) is 17.7 Å². The summed E-state index contributed by atoms with van der Waals surface area (Å²) in [5.41, 5.74) is 0.130. The van der Waals surface area contributed by atoms with Gasteiger partial charge in [-0.3, -0.25) is 0 Å². The minimum Gasteiger partial charge on any atom is -0.477 e. The molecule has 0 fully saturated rings. The number of carboxylic acid groups (broad SMARTS) is 1. The molecule has 0 spiro atoms. The molecule has 9 heteroatoms. The Bertz CT molecular complexity index is 857. The molecule has 0 radical (unpaired) electrons. The summed E-state index contributed by atoms with van der Waals surface area (Å²) >= 11 is 0. The molecule has 1 heterocycles. The van der Waals surface area contributed by atoms with Gasteiger partial charge in [0.1, 0.15) is 0 Å². The molecule has 1 aromatic carbocycles. The Morgan fingerprint density at radius 1 is 1.23 bits per heavy atom. The van der Waals surface area contributed by atoms with Crippen molar-refractivity contribution >= 4 is 32.0 Å². The smallest absolute Gasteiger partial charge is 0.416 e. The Kier molecular flexibility index (Phi) is 4.27. The Hall–Kier alpha value is -2.29. The van der Waals surface area contributed by atoms with Crippen LogP contribution in [0.25, 0.3) is 10.9 Å². The van der Waals surface area contributed by atoms with Crippen LogP contribution in [-0.4, -0.2) is 29.3 Å². The highest BCUT2D eigenvalue weighted by atomic mass is 32.2. The first kappa shape index (κ1) is 16.1. The first-order chi connectivity index (χ1) is 10.2. The number of aryl methyl sites for hydroxylation is 1. The van der Waals surface area contributed by atoms with Gasteiger partial charge in [0, 0.05) is 16.6 Å². The van der Waals surface area contributed by atoms with Gasteiger partial charge in [-0.15, -0.1) is 0 Å². The molecule has 0 aliphatic carbocycles. The average Bonchev–Trinajstić information content (AvgIpc) is 2.78. The minimum absolute atomic E-state index is 0.0612. The van der Waals surface area contributed by atoms with Crippen molar-refractivity contribution in [3.8, 4) is 0 Å². The largest absolute Gasteiger partial charge is 0.477 e. The van der Waals surface area contributed by atoms with E-state index in [1.807, 2.05) is 0 Å². The van der Waals surface area contributed by atoms with E-state index in [0.29, 0.717) is 16.6 Å². The fourth-order valence-electron chi connectivity index (χ4n) is 2.01. The van der Waals surface area contributed by atoms with Crippen LogP contribution in [0.4, 0.5) is 13.2 Å². The van der Waals surface area contributed by atoms with Gasteiger partial charge < -0.3 is 10.1 Å². The molecule has 0 amide bonds. The van der Waals surface area contributed by atoms with Crippen molar-refractivity contribution in [1.29, 1.82) is 0 Å². The van der Waals surface area contributed by atoms with Gasteiger partial charge >= 0.3 is 12.1 Å². The van der Waals surface area contributed by atoms with Gasteiger partial charge in [-0.1, -0.05) is 0 Å². The zero-order valence-corrected chi connectivity index (χ0v) is 11.8. The molecule has 0 saturated carbocycles. The Balaban J connectivity index is 2.27. The number of rotatable bonds is 4. The van der Waals surface area contributed by atoms with Gasteiger partial charge in [0.2, 0.25) is 10.3 Å². The number of aromatic amines is 1. The van der Waals surface area contributed by atoms with Gasteiger partial charge in [0.05, 0.1) is 5.56 Å². The Morgan fingerprint density at radius 3 is 2.45 bits per heavy atom. The van der Waals surface area contributed by atoms with Crippen LogP contribution in [0.5, 0.6) is 0 Å². The molecule has 118 valence electrons. The van der Waals surface area contributed by atoms with Gasteiger partial charge in [-0.2, -0.15) is 21.6 Å². The number of halogens is 3. The van der Waals surface area contributed by atoms with Gasteiger partial charge in [0.15, 0.2) is 4.86 Å². The second-order valence-corrected chi connectivity index (χ2v) is 5.52. The first-order valence-electron chi connectivity index (χ1n) is 6.05. The number of carbonyl (C=O) groups is 1. The Morgan fingerprint density at radius 2 is 1.91 bits per heavy atom. The SMILES string of the molecule is O=C(O)C(CCc1cc2cc(C(F)(F)F)ccc2[nH]1)=S(=O)=O. The molecule has 0 aliphatic heterocycles. The highest BCUT2D eigenvalue weighted by Gasteiger charge is 2.30. The molecule has 0 bridgehead atoms. The molecule has 0 unspecified atom stereocenters. The summed E-state index contributed by atoms with van der Waals surface area (Å²) in [6.07, 6.45) is -4.63. The maximum absolute atomic E-state index is 12.6. The summed E-state index contributed by atoms with van der Waals surface area (Å²) in [7, 11) is -2.84. The van der Waals surface area contributed by atoms with Gasteiger partial charge in [0.25, 0.3) is 0 Å². The number of hydrogen-bond acceptors (Lipinski definition) is 3. The summed E-state index contributed by atoms with van der Waals surface area (Å²) in [5, 5.41) is 9.05. The third kappa shape index (κ3) is 3.48. The number of fused-ring (bicyclic) bond motifs is 1. The maximum atomic E-state index is 12.6. The van der Waals surface area contributed by atoms with Crippen LogP contribution in [0.2, 0.25) is 0 Å². The number of alkyl halides is 3. The van der Waals surface area contributed by atoms with Crippen LogP contribution >= 0.6 is 0 Å². The highest BCUT2D eigenvalue weighted by molar-refractivity contribution is 7.74. The number of benzene rings is 1. The van der Waals surface area contributed by atoms with E-state index in [1.165, 1.54) is 12.1 Å². The van der Waals surface area contributed by atoms with Crippen molar-refractivity contribution < 1.29 is 31.5 Å². The number of carboxylic acids is 1. The fourth-order valence-corrected chi connectivity index (χ4v) is 2.42. The third-order valence-corrected chi connectivity index (χ3v) is 3.85. The lowest BCUT2D eigenvalue weighted by Crippen LogP contribution is -2.14. The molecule has 22 heavy (non-hydrogen) atoms. The Labute approximate surface area is 123 Å². The normalized spacial score (nSPS) is 11.6. The number of hydrogen-bond donors (Lipinski definition) is 2. The van der Waals surface area contributed by atoms with Crippen LogP contribution in [0, 0.1) is 0 Å². The lowest BCUT2D eigenvalue weighted by atomic mass is 10.1. The van der Waals surface area contributed by atoms with E-state index >= 15 is 0 Å². The van der Waals surface area contributed by atoms with E-state index in [1.54, 1.807) is 0 Å². The third-order valence-electron chi connectivity index (χ3n) is 3.06. The molecule has 0 atom stereocenters. The molecule has 1 aromatic heterocycles. The molecule has 2 aromatic rings. The molecule has 0 saturated heterocycles. The molecule has 0 aliphatic rings. The summed E-state index contributed by atoms with van der Waals surface area (Å²) in [4.78, 5) is 12.9. The number of H-pyrrole nitrogens is 1. The number of nitrogens with one attached hydrogen (secondary N) is 1. The fraction of sp³-hybridized carbons (Fsp3) is 0.231. The summed E-state index contributed by atoms with van der Waals surface area (Å²) in [5.74, 6) is -1.54. The van der Waals surface area contributed by atoms with Crippen molar-refractivity contribution in [2.75, 3.05) is 0 Å². The second-order valence-electron chi connectivity index (χ2n) is 4.56. The molecular formula is C13H10F3NO4S. The van der Waals surface area contributed by atoms with Crippen molar-refractivity contribution in [3.05, 3.63) is 35.5 Å². The van der Waals surface area contributed by atoms with Crippen molar-refractivity contribution in [2.24, 2.45) is 0 Å². The monoisotopic (exact) mass is 333 g/mol. The summed E-state index contributed by atoms with van der Waals surface area (Å²) < 4.78 is 59.3. The van der Waals surface area contributed by atoms with E-state index in [2.05, 4.69) is 4.98 Å². The highest BCUT2D eigenvalue weighted by Crippen LogP contribution is 2.31. The maximum Gasteiger partial charge on any atom is 0.416 e. The first-order valence-corrected chi connectivity index (χ1v) is 7.13. The molecular weight excluding hydrogens is 323 g/mol. The summed E-state index contributed by atoms with van der Waals surface area (Å²) in [6, 6.07) is 4.63. The van der Waals surface area contributed by atoms with E-state index in [0.717, 1.165) is 12.1 Å². The topological polar surface area (TPSA) is 87.2 Å². The second kappa shape index (κ2) is 5.84. The van der Waals surface area contributed by atoms with Crippen LogP contribution in [0.15, 0.2) is 24.3 Å². The van der Waals surface area contributed by atoms with Crippen molar-refractivity contribution in [1.82, 2.24) is 4.98 Å². The number of aromatic nitrogens is 1. The van der Waals surface area contributed by atoms with Gasteiger partial charge in [-0.05, 0) is 37.1 Å². The van der Waals surface area contributed by atoms with Crippen LogP contribution in [0.3, 0.4) is 0 Å². The molecule has 2 rings (SSSR count). The number of aliphatic carboxylic acids is 1. The average molecular weight is 333 g/mol.